The van der Waals surface area contributed by atoms with E-state index in [0.717, 1.165) is 0 Å². The van der Waals surface area contributed by atoms with Crippen LogP contribution in [-0.2, 0) is 9.59 Å². The van der Waals surface area contributed by atoms with E-state index >= 15 is 0 Å². The van der Waals surface area contributed by atoms with Crippen molar-refractivity contribution in [2.24, 2.45) is 0 Å². The fraction of sp³-hybridized carbons (Fsp3) is 0.211. The van der Waals surface area contributed by atoms with E-state index in [0.29, 0.717) is 22.7 Å². The van der Waals surface area contributed by atoms with Crippen LogP contribution in [0.3, 0.4) is 0 Å². The van der Waals surface area contributed by atoms with Gasteiger partial charge in [0, 0.05) is 11.3 Å². The third-order valence-corrected chi connectivity index (χ3v) is 3.43. The lowest BCUT2D eigenvalue weighted by atomic mass is 10.1. The first kappa shape index (κ1) is 19.0. The molecule has 0 aliphatic carbocycles. The molecule has 2 aromatic rings. The summed E-state index contributed by atoms with van der Waals surface area (Å²) < 4.78 is 10.6. The van der Waals surface area contributed by atoms with E-state index in [4.69, 9.17) is 9.47 Å². The van der Waals surface area contributed by atoms with Crippen molar-refractivity contribution in [1.82, 2.24) is 5.32 Å². The Hall–Kier alpha value is -3.35. The van der Waals surface area contributed by atoms with E-state index < -0.39 is 5.91 Å². The highest BCUT2D eigenvalue weighted by molar-refractivity contribution is 5.95. The Bertz CT molecular complexity index is 790. The molecule has 2 amide bonds. The summed E-state index contributed by atoms with van der Waals surface area (Å²) in [5.41, 5.74) is 1.13. The number of para-hydroxylation sites is 1. The first-order chi connectivity index (χ1) is 12.5. The number of carbonyl (C=O) groups is 3. The zero-order valence-electron chi connectivity index (χ0n) is 14.6. The molecule has 0 aliphatic rings. The van der Waals surface area contributed by atoms with Crippen LogP contribution in [0.15, 0.2) is 48.5 Å². The summed E-state index contributed by atoms with van der Waals surface area (Å²) in [5.74, 6) is -0.204. The standard InChI is InChI=1S/C19H20N2O5/c1-13(22)14-8-9-16(17(10-14)25-2)26-12-19(24)20-11-18(23)21-15-6-4-3-5-7-15/h3-10H,11-12H2,1-2H3,(H,20,24)(H,21,23). The highest BCUT2D eigenvalue weighted by Crippen LogP contribution is 2.28. The number of carbonyl (C=O) groups excluding carboxylic acids is 3. The maximum absolute atomic E-state index is 11.8. The van der Waals surface area contributed by atoms with Crippen molar-refractivity contribution in [1.29, 1.82) is 0 Å². The third kappa shape index (κ3) is 5.62. The number of hydrogen-bond donors (Lipinski definition) is 2. The molecule has 0 bridgehead atoms. The van der Waals surface area contributed by atoms with Gasteiger partial charge in [-0.15, -0.1) is 0 Å². The summed E-state index contributed by atoms with van der Waals surface area (Å²) >= 11 is 0. The number of benzene rings is 2. The van der Waals surface area contributed by atoms with Gasteiger partial charge in [0.15, 0.2) is 23.9 Å². The number of Topliss-reactive ketones (excluding diaryl/α,β-unsaturated/α-hetero) is 1. The number of methoxy groups -OCH3 is 1. The molecule has 0 saturated heterocycles. The van der Waals surface area contributed by atoms with Crippen LogP contribution in [0.1, 0.15) is 17.3 Å². The number of nitrogens with one attached hydrogen (secondary N) is 2. The Kier molecular flexibility index (Phi) is 6.73. The maximum Gasteiger partial charge on any atom is 0.258 e. The lowest BCUT2D eigenvalue weighted by Crippen LogP contribution is -2.35. The average molecular weight is 356 g/mol. The summed E-state index contributed by atoms with van der Waals surface area (Å²) in [4.78, 5) is 35.0. The average Bonchev–Trinajstić information content (AvgIpc) is 2.65. The van der Waals surface area contributed by atoms with E-state index in [1.165, 1.54) is 14.0 Å². The van der Waals surface area contributed by atoms with Crippen molar-refractivity contribution in [2.75, 3.05) is 25.6 Å². The van der Waals surface area contributed by atoms with E-state index in [-0.39, 0.29) is 24.8 Å². The molecule has 136 valence electrons. The normalized spacial score (nSPS) is 9.92. The molecule has 0 saturated carbocycles. The predicted molar refractivity (Wildman–Crippen MR) is 96.6 cm³/mol. The minimum absolute atomic E-state index is 0.1000. The van der Waals surface area contributed by atoms with Gasteiger partial charge in [0.2, 0.25) is 5.91 Å². The van der Waals surface area contributed by atoms with Gasteiger partial charge in [-0.3, -0.25) is 14.4 Å². The predicted octanol–water partition coefficient (Wildman–Crippen LogP) is 2.03. The third-order valence-electron chi connectivity index (χ3n) is 3.43. The first-order valence-corrected chi connectivity index (χ1v) is 7.93. The molecule has 0 aliphatic heterocycles. The topological polar surface area (TPSA) is 93.7 Å². The lowest BCUT2D eigenvalue weighted by molar-refractivity contribution is -0.125. The second kappa shape index (κ2) is 9.22. The molecular weight excluding hydrogens is 336 g/mol. The largest absolute Gasteiger partial charge is 0.493 e. The molecule has 26 heavy (non-hydrogen) atoms. The van der Waals surface area contributed by atoms with Crippen LogP contribution in [0.5, 0.6) is 11.5 Å². The van der Waals surface area contributed by atoms with E-state index in [2.05, 4.69) is 10.6 Å². The van der Waals surface area contributed by atoms with Gasteiger partial charge >= 0.3 is 0 Å². The minimum Gasteiger partial charge on any atom is -0.493 e. The molecule has 2 rings (SSSR count). The van der Waals surface area contributed by atoms with Gasteiger partial charge in [0.25, 0.3) is 5.91 Å². The Morgan fingerprint density at radius 3 is 2.35 bits per heavy atom. The van der Waals surface area contributed by atoms with E-state index in [9.17, 15) is 14.4 Å². The summed E-state index contributed by atoms with van der Waals surface area (Å²) in [6, 6.07) is 13.6. The molecule has 0 aromatic heterocycles. The lowest BCUT2D eigenvalue weighted by Gasteiger charge is -2.12. The number of ketones is 1. The molecule has 0 fully saturated rings. The van der Waals surface area contributed by atoms with Crippen molar-refractivity contribution in [3.8, 4) is 11.5 Å². The van der Waals surface area contributed by atoms with Gasteiger partial charge in [-0.2, -0.15) is 0 Å². The van der Waals surface area contributed by atoms with Crippen molar-refractivity contribution in [2.45, 2.75) is 6.92 Å². The summed E-state index contributed by atoms with van der Waals surface area (Å²) in [5, 5.41) is 5.13. The summed E-state index contributed by atoms with van der Waals surface area (Å²) in [6.45, 7) is 0.995. The van der Waals surface area contributed by atoms with Crippen molar-refractivity contribution in [3.05, 3.63) is 54.1 Å². The second-order valence-electron chi connectivity index (χ2n) is 5.40. The fourth-order valence-electron chi connectivity index (χ4n) is 2.11. The number of amides is 2. The number of rotatable bonds is 8. The van der Waals surface area contributed by atoms with Gasteiger partial charge in [-0.05, 0) is 37.3 Å². The summed E-state index contributed by atoms with van der Waals surface area (Å²) in [7, 11) is 1.44. The molecular formula is C19H20N2O5. The van der Waals surface area contributed by atoms with Crippen molar-refractivity contribution < 1.29 is 23.9 Å². The second-order valence-corrected chi connectivity index (χ2v) is 5.40. The van der Waals surface area contributed by atoms with Gasteiger partial charge in [0.05, 0.1) is 13.7 Å². The van der Waals surface area contributed by atoms with Crippen LogP contribution >= 0.6 is 0 Å². The Morgan fingerprint density at radius 2 is 1.69 bits per heavy atom. The zero-order valence-corrected chi connectivity index (χ0v) is 14.6. The highest BCUT2D eigenvalue weighted by atomic mass is 16.5. The van der Waals surface area contributed by atoms with E-state index in [1.54, 1.807) is 42.5 Å². The van der Waals surface area contributed by atoms with Crippen LogP contribution in [0.25, 0.3) is 0 Å². The smallest absolute Gasteiger partial charge is 0.258 e. The molecule has 0 spiro atoms. The molecule has 0 atom stereocenters. The monoisotopic (exact) mass is 356 g/mol. The molecule has 0 radical (unpaired) electrons. The van der Waals surface area contributed by atoms with Gasteiger partial charge < -0.3 is 20.1 Å². The van der Waals surface area contributed by atoms with Gasteiger partial charge in [0.1, 0.15) is 0 Å². The van der Waals surface area contributed by atoms with E-state index in [1.807, 2.05) is 6.07 Å². The molecule has 0 heterocycles. The SMILES string of the molecule is COc1cc(C(C)=O)ccc1OCC(=O)NCC(=O)Nc1ccccc1. The van der Waals surface area contributed by atoms with Crippen LogP contribution in [0, 0.1) is 0 Å². The minimum atomic E-state index is -0.453. The quantitative estimate of drug-likeness (QED) is 0.706. The molecule has 7 heteroatoms. The number of hydrogen-bond acceptors (Lipinski definition) is 5. The van der Waals surface area contributed by atoms with Crippen molar-refractivity contribution >= 4 is 23.3 Å². The van der Waals surface area contributed by atoms with Crippen molar-refractivity contribution in [3.63, 3.8) is 0 Å². The van der Waals surface area contributed by atoms with Gasteiger partial charge in [-0.25, -0.2) is 0 Å². The molecule has 7 nitrogen and oxygen atoms in total. The van der Waals surface area contributed by atoms with Crippen LogP contribution < -0.4 is 20.1 Å². The number of ether oxygens (including phenoxy) is 2. The van der Waals surface area contributed by atoms with Crippen LogP contribution in [0.2, 0.25) is 0 Å². The summed E-state index contributed by atoms with van der Waals surface area (Å²) in [6.07, 6.45) is 0. The van der Waals surface area contributed by atoms with Crippen LogP contribution in [-0.4, -0.2) is 37.9 Å². The Labute approximate surface area is 151 Å². The van der Waals surface area contributed by atoms with Gasteiger partial charge in [-0.1, -0.05) is 18.2 Å². The number of anilines is 1. The highest BCUT2D eigenvalue weighted by Gasteiger charge is 2.11. The first-order valence-electron chi connectivity index (χ1n) is 7.93. The Morgan fingerprint density at radius 1 is 0.962 bits per heavy atom. The fourth-order valence-corrected chi connectivity index (χ4v) is 2.11. The molecule has 2 N–H and O–H groups in total. The molecule has 0 unspecified atom stereocenters. The zero-order chi connectivity index (χ0) is 18.9. The maximum atomic E-state index is 11.8. The molecule has 2 aromatic carbocycles. The Balaban J connectivity index is 1.81. The van der Waals surface area contributed by atoms with Crippen LogP contribution in [0.4, 0.5) is 5.69 Å².